The summed E-state index contributed by atoms with van der Waals surface area (Å²) in [5.41, 5.74) is -1.52. The van der Waals surface area contributed by atoms with Gasteiger partial charge in [0.25, 0.3) is 0 Å². The first-order chi connectivity index (χ1) is 23.5. The molecule has 0 spiro atoms. The first kappa shape index (κ1) is 39.4. The van der Waals surface area contributed by atoms with Crippen molar-refractivity contribution in [3.8, 4) is 0 Å². The molecular weight excluding hydrogens is 644 g/mol. The van der Waals surface area contributed by atoms with Crippen molar-refractivity contribution >= 4 is 29.8 Å². The third-order valence-electron chi connectivity index (χ3n) is 16.6. The lowest BCUT2D eigenvalue weighted by molar-refractivity contribution is -0.291. The van der Waals surface area contributed by atoms with Crippen LogP contribution >= 0.6 is 0 Å². The Morgan fingerprint density at radius 2 is 1.61 bits per heavy atom. The average Bonchev–Trinajstić information content (AvgIpc) is 3.35. The Kier molecular flexibility index (Phi) is 9.78. The number of aliphatic hydroxyl groups excluding tert-OH is 1. The topological polar surface area (TPSA) is 154 Å². The first-order valence-corrected chi connectivity index (χ1v) is 19.3. The van der Waals surface area contributed by atoms with Crippen molar-refractivity contribution in [2.24, 2.45) is 55.2 Å². The van der Waals surface area contributed by atoms with Crippen molar-refractivity contribution in [1.82, 2.24) is 5.32 Å². The van der Waals surface area contributed by atoms with Gasteiger partial charge in [0.1, 0.15) is 6.10 Å². The number of nitrogens with one attached hydrogen (secondary N) is 2. The van der Waals surface area contributed by atoms with Gasteiger partial charge in [0.2, 0.25) is 5.91 Å². The molecule has 0 radical (unpaired) electrons. The zero-order valence-corrected chi connectivity index (χ0v) is 32.9. The SMILES string of the molecule is CC(C)C1=C2[C@H]3CC[C@]4(C=N)[C@@]5(C)CC[C@H](OC(=O)CC(C)(C)C(=O)O)C(C)(C)[C@]5(C)CC[C@@]4(C)[C@]3(C)CC[C@@]2(/C=C/C(=O)NCCO)CC1=O. The number of amides is 1. The maximum atomic E-state index is 13.9. The highest BCUT2D eigenvalue weighted by Crippen LogP contribution is 2.83. The van der Waals surface area contributed by atoms with E-state index in [4.69, 9.17) is 4.74 Å². The normalized spacial score (nSPS) is 40.3. The minimum atomic E-state index is -1.21. The van der Waals surface area contributed by atoms with Gasteiger partial charge in [0, 0.05) is 35.4 Å². The lowest BCUT2D eigenvalue weighted by Crippen LogP contribution is -2.74. The van der Waals surface area contributed by atoms with Crippen molar-refractivity contribution in [3.63, 3.8) is 0 Å². The zero-order chi connectivity index (χ0) is 38.2. The molecule has 0 unspecified atom stereocenters. The summed E-state index contributed by atoms with van der Waals surface area (Å²) in [5, 5.41) is 31.0. The highest BCUT2D eigenvalue weighted by Gasteiger charge is 2.78. The fourth-order valence-corrected chi connectivity index (χ4v) is 12.8. The molecule has 8 atom stereocenters. The predicted molar refractivity (Wildman–Crippen MR) is 197 cm³/mol. The second-order valence-corrected chi connectivity index (χ2v) is 19.3. The number of allylic oxidation sites excluding steroid dienone is 3. The molecule has 4 N–H and O–H groups in total. The van der Waals surface area contributed by atoms with E-state index in [9.17, 15) is 34.8 Å². The van der Waals surface area contributed by atoms with Gasteiger partial charge in [0.05, 0.1) is 18.4 Å². The van der Waals surface area contributed by atoms with Crippen LogP contribution in [0.5, 0.6) is 0 Å². The minimum Gasteiger partial charge on any atom is -0.481 e. The Hall–Kier alpha value is -2.81. The molecule has 9 nitrogen and oxygen atoms in total. The van der Waals surface area contributed by atoms with Crippen molar-refractivity contribution in [3.05, 3.63) is 23.3 Å². The van der Waals surface area contributed by atoms with E-state index in [1.54, 1.807) is 26.1 Å². The van der Waals surface area contributed by atoms with E-state index >= 15 is 0 Å². The molecule has 5 aliphatic carbocycles. The number of fused-ring (bicyclic) bond motifs is 7. The third kappa shape index (κ3) is 5.27. The number of hydrogen-bond acceptors (Lipinski definition) is 7. The van der Waals surface area contributed by atoms with Crippen molar-refractivity contribution < 1.29 is 34.1 Å². The number of aliphatic hydroxyl groups is 1. The summed E-state index contributed by atoms with van der Waals surface area (Å²) in [5.74, 6) is -1.39. The van der Waals surface area contributed by atoms with Gasteiger partial charge in [-0.05, 0) is 116 Å². The maximum Gasteiger partial charge on any atom is 0.309 e. The van der Waals surface area contributed by atoms with E-state index in [0.29, 0.717) is 12.8 Å². The summed E-state index contributed by atoms with van der Waals surface area (Å²) in [4.78, 5) is 51.6. The number of carbonyl (C=O) groups is 4. The summed E-state index contributed by atoms with van der Waals surface area (Å²) in [6, 6.07) is 0. The van der Waals surface area contributed by atoms with Crippen LogP contribution in [0, 0.1) is 60.6 Å². The molecule has 9 heteroatoms. The van der Waals surface area contributed by atoms with E-state index in [0.717, 1.165) is 50.5 Å². The van der Waals surface area contributed by atoms with Gasteiger partial charge in [-0.3, -0.25) is 19.2 Å². The predicted octanol–water partition coefficient (Wildman–Crippen LogP) is 7.45. The van der Waals surface area contributed by atoms with Gasteiger partial charge in [-0.25, -0.2) is 0 Å². The standard InChI is InChI=1S/C42H64N2O7/c1-26(2)32-28(46)23-41(15-13-30(47)44-21-22-45)20-17-37(7)27(33(32)41)11-16-42(25-43)39(37,9)19-18-38(8)36(5,6)29(12-14-40(38,42)10)51-31(48)24-35(3,4)34(49)50/h13,15,25-27,29,43,45H,11-12,14,16-24H2,1-10H3,(H,44,47)(H,49,50)/b15-13+,43-25?/t27-,29+,37-,38+,39+,40+,41+,42-/m1/s1. The second-order valence-electron chi connectivity index (χ2n) is 19.3. The molecule has 4 fully saturated rings. The van der Waals surface area contributed by atoms with Gasteiger partial charge in [-0.2, -0.15) is 0 Å². The molecule has 0 aromatic carbocycles. The van der Waals surface area contributed by atoms with E-state index in [-0.39, 0.29) is 70.9 Å². The van der Waals surface area contributed by atoms with Crippen LogP contribution in [0.3, 0.4) is 0 Å². The molecule has 284 valence electrons. The van der Waals surface area contributed by atoms with Gasteiger partial charge in [-0.1, -0.05) is 61.5 Å². The molecule has 0 bridgehead atoms. The highest BCUT2D eigenvalue weighted by atomic mass is 16.5. The molecule has 51 heavy (non-hydrogen) atoms. The van der Waals surface area contributed by atoms with E-state index < -0.39 is 33.6 Å². The van der Waals surface area contributed by atoms with Gasteiger partial charge < -0.3 is 25.7 Å². The van der Waals surface area contributed by atoms with Crippen LogP contribution in [0.1, 0.15) is 133 Å². The molecule has 0 aromatic rings. The van der Waals surface area contributed by atoms with Crippen LogP contribution in [0.15, 0.2) is 23.3 Å². The monoisotopic (exact) mass is 708 g/mol. The fourth-order valence-electron chi connectivity index (χ4n) is 12.8. The summed E-state index contributed by atoms with van der Waals surface area (Å²) in [6.45, 7) is 21.4. The largest absolute Gasteiger partial charge is 0.481 e. The number of esters is 1. The Labute approximate surface area is 305 Å². The first-order valence-electron chi connectivity index (χ1n) is 19.3. The quantitative estimate of drug-likeness (QED) is 0.104. The van der Waals surface area contributed by atoms with Gasteiger partial charge in [-0.15, -0.1) is 0 Å². The molecule has 5 rings (SSSR count). The van der Waals surface area contributed by atoms with E-state index in [1.165, 1.54) is 5.57 Å². The molecule has 4 saturated carbocycles. The number of rotatable bonds is 10. The van der Waals surface area contributed by atoms with Crippen molar-refractivity contribution in [2.45, 2.75) is 140 Å². The Balaban J connectivity index is 1.55. The summed E-state index contributed by atoms with van der Waals surface area (Å²) >= 11 is 0. The van der Waals surface area contributed by atoms with Crippen LogP contribution < -0.4 is 5.32 Å². The highest BCUT2D eigenvalue weighted by molar-refractivity contribution is 6.01. The molecule has 0 aromatic heterocycles. The van der Waals surface area contributed by atoms with Gasteiger partial charge >= 0.3 is 11.9 Å². The number of aliphatic carboxylic acids is 1. The second kappa shape index (κ2) is 12.7. The number of carboxylic acid groups (broad SMARTS) is 1. The van der Waals surface area contributed by atoms with Crippen LogP contribution in [-0.4, -0.2) is 59.3 Å². The summed E-state index contributed by atoms with van der Waals surface area (Å²) in [6.07, 6.45) is 11.7. The molecule has 1 amide bonds. The number of ether oxygens (including phenoxy) is 1. The third-order valence-corrected chi connectivity index (χ3v) is 16.6. The lowest BCUT2D eigenvalue weighted by Gasteiger charge is -2.79. The summed E-state index contributed by atoms with van der Waals surface area (Å²) < 4.78 is 6.20. The van der Waals surface area contributed by atoms with Gasteiger partial charge in [0.15, 0.2) is 5.78 Å². The molecule has 0 aliphatic heterocycles. The average molecular weight is 709 g/mol. The Morgan fingerprint density at radius 1 is 0.961 bits per heavy atom. The summed E-state index contributed by atoms with van der Waals surface area (Å²) in [7, 11) is 0. The van der Waals surface area contributed by atoms with E-state index in [2.05, 4.69) is 60.7 Å². The molecule has 0 heterocycles. The lowest BCUT2D eigenvalue weighted by atomic mass is 9.25. The van der Waals surface area contributed by atoms with E-state index in [1.807, 2.05) is 6.08 Å². The molecule has 5 aliphatic rings. The van der Waals surface area contributed by atoms with Crippen LogP contribution in [0.4, 0.5) is 0 Å². The number of Topliss-reactive ketones (excluding diaryl/α,β-unsaturated/α-hetero) is 1. The maximum absolute atomic E-state index is 13.9. The number of ketones is 1. The molecule has 0 saturated heterocycles. The van der Waals surface area contributed by atoms with Crippen LogP contribution in [0.25, 0.3) is 0 Å². The molecular formula is C42H64N2O7. The smallest absolute Gasteiger partial charge is 0.309 e. The van der Waals surface area contributed by atoms with Crippen molar-refractivity contribution in [2.75, 3.05) is 13.2 Å². The number of hydrogen-bond donors (Lipinski definition) is 4. The fraction of sp³-hybridized carbons (Fsp3) is 0.786. The Bertz CT molecular complexity index is 1560. The van der Waals surface area contributed by atoms with Crippen LogP contribution in [-0.2, 0) is 23.9 Å². The number of carboxylic acids is 1. The number of carbonyl (C=O) groups excluding carboxylic acids is 3. The van der Waals surface area contributed by atoms with Crippen molar-refractivity contribution in [1.29, 1.82) is 5.41 Å². The van der Waals surface area contributed by atoms with Crippen LogP contribution in [0.2, 0.25) is 0 Å². The zero-order valence-electron chi connectivity index (χ0n) is 32.9. The minimum absolute atomic E-state index is 0.0580. The Morgan fingerprint density at radius 3 is 2.20 bits per heavy atom.